The highest BCUT2D eigenvalue weighted by Crippen LogP contribution is 2.29. The molecular formula is C27H33Cl2N5O2. The fraction of sp³-hybridized carbons (Fsp3) is 0.370. The Morgan fingerprint density at radius 2 is 1.64 bits per heavy atom. The van der Waals surface area contributed by atoms with Gasteiger partial charge in [0, 0.05) is 23.2 Å². The van der Waals surface area contributed by atoms with E-state index >= 15 is 0 Å². The monoisotopic (exact) mass is 529 g/mol. The van der Waals surface area contributed by atoms with Crippen LogP contribution in [0.2, 0.25) is 10.0 Å². The van der Waals surface area contributed by atoms with Crippen molar-refractivity contribution in [2.75, 3.05) is 17.2 Å². The number of hydrogen-bond acceptors (Lipinski definition) is 3. The van der Waals surface area contributed by atoms with Crippen molar-refractivity contribution in [1.29, 1.82) is 0 Å². The van der Waals surface area contributed by atoms with Gasteiger partial charge in [0.05, 0.1) is 21.4 Å². The Morgan fingerprint density at radius 1 is 1.00 bits per heavy atom. The van der Waals surface area contributed by atoms with E-state index < -0.39 is 0 Å². The topological polar surface area (TPSA) is 79.3 Å². The zero-order valence-corrected chi connectivity index (χ0v) is 23.3. The smallest absolute Gasteiger partial charge is 0.313 e. The largest absolute Gasteiger partial charge is 0.322 e. The maximum Gasteiger partial charge on any atom is 0.322 e. The summed E-state index contributed by atoms with van der Waals surface area (Å²) >= 11 is 12.3. The summed E-state index contributed by atoms with van der Waals surface area (Å²) in [5.41, 5.74) is 3.85. The molecule has 0 aliphatic rings. The fourth-order valence-electron chi connectivity index (χ4n) is 3.67. The zero-order chi connectivity index (χ0) is 26.8. The van der Waals surface area contributed by atoms with Gasteiger partial charge in [-0.25, -0.2) is 9.48 Å². The van der Waals surface area contributed by atoms with E-state index in [0.29, 0.717) is 21.6 Å². The molecule has 1 aromatic heterocycles. The Labute approximate surface area is 222 Å². The van der Waals surface area contributed by atoms with E-state index in [4.69, 9.17) is 28.3 Å². The van der Waals surface area contributed by atoms with Gasteiger partial charge in [-0.05, 0) is 57.0 Å². The molecule has 0 unspecified atom stereocenters. The number of urea groups is 1. The van der Waals surface area contributed by atoms with E-state index in [1.807, 2.05) is 72.7 Å². The first-order chi connectivity index (χ1) is 16.8. The normalized spacial score (nSPS) is 11.5. The second-order valence-electron chi connectivity index (χ2n) is 10.1. The molecule has 3 rings (SSSR count). The molecule has 0 spiro atoms. The molecular weight excluding hydrogens is 497 g/mol. The van der Waals surface area contributed by atoms with Crippen LogP contribution in [-0.4, -0.2) is 39.2 Å². The molecule has 192 valence electrons. The van der Waals surface area contributed by atoms with Gasteiger partial charge in [-0.15, -0.1) is 0 Å². The third-order valence-corrected chi connectivity index (χ3v) is 6.54. The first-order valence-corrected chi connectivity index (χ1v) is 12.5. The third-order valence-electron chi connectivity index (χ3n) is 5.80. The molecule has 0 saturated carbocycles. The summed E-state index contributed by atoms with van der Waals surface area (Å²) in [6.07, 6.45) is 0. The minimum Gasteiger partial charge on any atom is -0.313 e. The van der Waals surface area contributed by atoms with Crippen molar-refractivity contribution in [3.63, 3.8) is 0 Å². The van der Waals surface area contributed by atoms with Gasteiger partial charge >= 0.3 is 6.03 Å². The Morgan fingerprint density at radius 3 is 2.19 bits per heavy atom. The molecule has 0 radical (unpaired) electrons. The van der Waals surface area contributed by atoms with Gasteiger partial charge in [-0.1, -0.05) is 62.2 Å². The van der Waals surface area contributed by atoms with E-state index in [9.17, 15) is 9.59 Å². The maximum absolute atomic E-state index is 13.2. The molecule has 3 aromatic rings. The number of hydrogen-bond donors (Lipinski definition) is 2. The SMILES string of the molecule is Cc1cccc(C)c1NC(=O)N(CC(=O)Nc1cc(C(C)(C)C)nn1-c1ccc(Cl)c(Cl)c1)C(C)C. The van der Waals surface area contributed by atoms with E-state index in [0.717, 1.165) is 22.5 Å². The van der Waals surface area contributed by atoms with Gasteiger partial charge < -0.3 is 15.5 Å². The molecule has 36 heavy (non-hydrogen) atoms. The molecule has 7 nitrogen and oxygen atoms in total. The molecule has 1 heterocycles. The van der Waals surface area contributed by atoms with Gasteiger partial charge in [0.25, 0.3) is 0 Å². The van der Waals surface area contributed by atoms with Crippen molar-refractivity contribution < 1.29 is 9.59 Å². The highest BCUT2D eigenvalue weighted by molar-refractivity contribution is 6.42. The van der Waals surface area contributed by atoms with Crippen molar-refractivity contribution in [1.82, 2.24) is 14.7 Å². The number of aryl methyl sites for hydroxylation is 2. The van der Waals surface area contributed by atoms with Crippen LogP contribution in [0.25, 0.3) is 5.69 Å². The summed E-state index contributed by atoms with van der Waals surface area (Å²) in [6.45, 7) is 13.6. The lowest BCUT2D eigenvalue weighted by Crippen LogP contribution is -2.45. The highest BCUT2D eigenvalue weighted by Gasteiger charge is 2.25. The number of carbonyl (C=O) groups is 2. The third kappa shape index (κ3) is 6.39. The van der Waals surface area contributed by atoms with Crippen LogP contribution in [0.5, 0.6) is 0 Å². The predicted octanol–water partition coefficient (Wildman–Crippen LogP) is 6.97. The van der Waals surface area contributed by atoms with Crippen molar-refractivity contribution in [2.45, 2.75) is 59.9 Å². The average Bonchev–Trinajstić information content (AvgIpc) is 3.20. The first kappa shape index (κ1) is 27.6. The van der Waals surface area contributed by atoms with E-state index in [-0.39, 0.29) is 29.9 Å². The van der Waals surface area contributed by atoms with Gasteiger partial charge in [0.2, 0.25) is 5.91 Å². The lowest BCUT2D eigenvalue weighted by atomic mass is 9.92. The number of amides is 3. The molecule has 2 aromatic carbocycles. The Balaban J connectivity index is 1.85. The van der Waals surface area contributed by atoms with Crippen LogP contribution < -0.4 is 10.6 Å². The molecule has 0 atom stereocenters. The van der Waals surface area contributed by atoms with Gasteiger partial charge in [-0.3, -0.25) is 4.79 Å². The van der Waals surface area contributed by atoms with Crippen molar-refractivity contribution >= 4 is 46.6 Å². The molecule has 0 bridgehead atoms. The average molecular weight is 531 g/mol. The molecule has 0 fully saturated rings. The lowest BCUT2D eigenvalue weighted by Gasteiger charge is -2.27. The maximum atomic E-state index is 13.2. The highest BCUT2D eigenvalue weighted by atomic mass is 35.5. The quantitative estimate of drug-likeness (QED) is 0.361. The van der Waals surface area contributed by atoms with E-state index in [2.05, 4.69) is 10.6 Å². The van der Waals surface area contributed by atoms with Crippen LogP contribution in [0.3, 0.4) is 0 Å². The molecule has 9 heteroatoms. The predicted molar refractivity (Wildman–Crippen MR) is 148 cm³/mol. The molecule has 3 amide bonds. The van der Waals surface area contributed by atoms with Crippen LogP contribution in [0.1, 0.15) is 51.4 Å². The van der Waals surface area contributed by atoms with E-state index in [1.54, 1.807) is 22.9 Å². The van der Waals surface area contributed by atoms with Crippen molar-refractivity contribution in [2.24, 2.45) is 0 Å². The van der Waals surface area contributed by atoms with Crippen molar-refractivity contribution in [3.05, 3.63) is 69.3 Å². The molecule has 2 N–H and O–H groups in total. The minimum atomic E-state index is -0.345. The zero-order valence-electron chi connectivity index (χ0n) is 21.7. The summed E-state index contributed by atoms with van der Waals surface area (Å²) < 4.78 is 1.62. The number of aromatic nitrogens is 2. The minimum absolute atomic E-state index is 0.133. The van der Waals surface area contributed by atoms with Crippen LogP contribution in [0.4, 0.5) is 16.3 Å². The number of halogens is 2. The number of nitrogens with zero attached hydrogens (tertiary/aromatic N) is 3. The van der Waals surface area contributed by atoms with Gasteiger partial charge in [0.15, 0.2) is 0 Å². The Hall–Kier alpha value is -3.03. The van der Waals surface area contributed by atoms with Crippen LogP contribution in [0.15, 0.2) is 42.5 Å². The number of anilines is 2. The second-order valence-corrected chi connectivity index (χ2v) is 11.0. The summed E-state index contributed by atoms with van der Waals surface area (Å²) in [4.78, 5) is 27.8. The van der Waals surface area contributed by atoms with Crippen LogP contribution >= 0.6 is 23.2 Å². The fourth-order valence-corrected chi connectivity index (χ4v) is 3.96. The van der Waals surface area contributed by atoms with E-state index in [1.165, 1.54) is 4.90 Å². The summed E-state index contributed by atoms with van der Waals surface area (Å²) in [5, 5.41) is 11.4. The molecule has 0 aliphatic carbocycles. The number of rotatable bonds is 6. The van der Waals surface area contributed by atoms with Crippen molar-refractivity contribution in [3.8, 4) is 5.69 Å². The van der Waals surface area contributed by atoms with Gasteiger partial charge in [-0.2, -0.15) is 5.10 Å². The van der Waals surface area contributed by atoms with Crippen LogP contribution in [0, 0.1) is 13.8 Å². The lowest BCUT2D eigenvalue weighted by molar-refractivity contribution is -0.117. The first-order valence-electron chi connectivity index (χ1n) is 11.8. The second kappa shape index (κ2) is 10.9. The number of benzene rings is 2. The summed E-state index contributed by atoms with van der Waals surface area (Å²) in [6, 6.07) is 12.3. The standard InChI is InChI=1S/C27H33Cl2N5O2/c1-16(2)33(26(36)31-25-17(3)9-8-10-18(25)4)15-24(35)30-23-14-22(27(5,6)7)32-34(23)19-11-12-20(28)21(29)13-19/h8-14,16H,15H2,1-7H3,(H,30,35)(H,31,36). The molecule has 0 saturated heterocycles. The number of nitrogens with one attached hydrogen (secondary N) is 2. The number of carbonyl (C=O) groups excluding carboxylic acids is 2. The van der Waals surface area contributed by atoms with Crippen LogP contribution in [-0.2, 0) is 10.2 Å². The Kier molecular flexibility index (Phi) is 8.37. The summed E-state index contributed by atoms with van der Waals surface area (Å²) in [5.74, 6) is 0.129. The molecule has 0 aliphatic heterocycles. The number of para-hydroxylation sites is 1. The summed E-state index contributed by atoms with van der Waals surface area (Å²) in [7, 11) is 0. The Bertz CT molecular complexity index is 1260. The van der Waals surface area contributed by atoms with Gasteiger partial charge in [0.1, 0.15) is 12.4 Å².